The van der Waals surface area contributed by atoms with E-state index in [9.17, 15) is 0 Å². The fourth-order valence-corrected chi connectivity index (χ4v) is 6.75. The van der Waals surface area contributed by atoms with Gasteiger partial charge in [0.15, 0.2) is 0 Å². The molecule has 0 saturated carbocycles. The van der Waals surface area contributed by atoms with Gasteiger partial charge in [0.25, 0.3) is 0 Å². The number of rotatable bonds is 2. The first-order valence-corrected chi connectivity index (χ1v) is 13.0. The molecule has 0 spiro atoms. The Kier molecular flexibility index (Phi) is 4.13. The smallest absolute Gasteiger partial charge is 0.125 e. The monoisotopic (exact) mass is 476 g/mol. The number of para-hydroxylation sites is 3. The van der Waals surface area contributed by atoms with Crippen molar-refractivity contribution >= 4 is 64.3 Å². The molecule has 8 rings (SSSR count). The molecule has 0 aliphatic heterocycles. The lowest BCUT2D eigenvalue weighted by atomic mass is 9.96. The van der Waals surface area contributed by atoms with Crippen LogP contribution >= 0.6 is 11.3 Å². The van der Waals surface area contributed by atoms with Gasteiger partial charge in [0, 0.05) is 42.9 Å². The minimum Gasteiger partial charge on any atom is -0.309 e. The van der Waals surface area contributed by atoms with Gasteiger partial charge in [0.2, 0.25) is 0 Å². The number of nitrogens with zero attached hydrogens (tertiary/aromatic N) is 2. The summed E-state index contributed by atoms with van der Waals surface area (Å²) in [4.78, 5) is 6.14. The number of benzene rings is 5. The van der Waals surface area contributed by atoms with Crippen LogP contribution < -0.4 is 0 Å². The van der Waals surface area contributed by atoms with Crippen LogP contribution in [0.1, 0.15) is 0 Å². The highest BCUT2D eigenvalue weighted by atomic mass is 32.1. The maximum absolute atomic E-state index is 5.04. The van der Waals surface area contributed by atoms with Gasteiger partial charge in [-0.1, -0.05) is 84.9 Å². The molecule has 3 heterocycles. The van der Waals surface area contributed by atoms with Crippen molar-refractivity contribution in [3.05, 3.63) is 121 Å². The lowest BCUT2D eigenvalue weighted by molar-refractivity contribution is 1.18. The summed E-state index contributed by atoms with van der Waals surface area (Å²) in [7, 11) is 0. The zero-order chi connectivity index (χ0) is 23.6. The summed E-state index contributed by atoms with van der Waals surface area (Å²) in [6, 6.07) is 43.5. The van der Waals surface area contributed by atoms with Gasteiger partial charge >= 0.3 is 0 Å². The first-order chi connectivity index (χ1) is 17.9. The summed E-state index contributed by atoms with van der Waals surface area (Å²) in [5, 5.41) is 6.28. The van der Waals surface area contributed by atoms with Crippen LogP contribution in [0.25, 0.3) is 69.8 Å². The Morgan fingerprint density at radius 1 is 0.528 bits per heavy atom. The molecule has 3 heteroatoms. The van der Waals surface area contributed by atoms with E-state index in [0.29, 0.717) is 0 Å². The normalized spacial score (nSPS) is 11.9. The molecule has 0 aliphatic carbocycles. The van der Waals surface area contributed by atoms with E-state index >= 15 is 0 Å². The summed E-state index contributed by atoms with van der Waals surface area (Å²) in [5.41, 5.74) is 7.14. The maximum Gasteiger partial charge on any atom is 0.125 e. The Labute approximate surface area is 211 Å². The SMILES string of the molecule is c1ccc2c(-c3ccc(-n4c5ccccc5c5ccccc54)cc3)c3c(nc2c1)sc1ccccc13. The van der Waals surface area contributed by atoms with Crippen molar-refractivity contribution < 1.29 is 0 Å². The summed E-state index contributed by atoms with van der Waals surface area (Å²) < 4.78 is 3.65. The molecule has 5 aromatic carbocycles. The fourth-order valence-electron chi connectivity index (χ4n) is 5.66. The molecule has 0 atom stereocenters. The molecule has 0 amide bonds. The molecule has 0 unspecified atom stereocenters. The molecule has 3 aromatic heterocycles. The van der Waals surface area contributed by atoms with E-state index in [4.69, 9.17) is 4.98 Å². The summed E-state index contributed by atoms with van der Waals surface area (Å²) in [5.74, 6) is 0. The molecule has 8 aromatic rings. The minimum atomic E-state index is 1.04. The van der Waals surface area contributed by atoms with E-state index in [1.165, 1.54) is 59.5 Å². The van der Waals surface area contributed by atoms with Crippen LogP contribution in [0, 0.1) is 0 Å². The van der Waals surface area contributed by atoms with Crippen molar-refractivity contribution in [2.75, 3.05) is 0 Å². The van der Waals surface area contributed by atoms with Crippen LogP contribution in [-0.4, -0.2) is 9.55 Å². The maximum atomic E-state index is 5.04. The van der Waals surface area contributed by atoms with Crippen LogP contribution in [0.4, 0.5) is 0 Å². The van der Waals surface area contributed by atoms with E-state index in [1.807, 2.05) is 0 Å². The predicted molar refractivity (Wildman–Crippen MR) is 154 cm³/mol. The number of fused-ring (bicyclic) bond motifs is 7. The topological polar surface area (TPSA) is 17.8 Å². The van der Waals surface area contributed by atoms with Crippen LogP contribution in [-0.2, 0) is 0 Å². The van der Waals surface area contributed by atoms with Gasteiger partial charge in [-0.15, -0.1) is 11.3 Å². The first kappa shape index (κ1) is 19.8. The largest absolute Gasteiger partial charge is 0.309 e. The quantitative estimate of drug-likeness (QED) is 0.243. The second-order valence-corrected chi connectivity index (χ2v) is 10.2. The van der Waals surface area contributed by atoms with Crippen LogP contribution in [0.3, 0.4) is 0 Å². The summed E-state index contributed by atoms with van der Waals surface area (Å²) in [6.07, 6.45) is 0. The van der Waals surface area contributed by atoms with Crippen LogP contribution in [0.15, 0.2) is 121 Å². The second-order valence-electron chi connectivity index (χ2n) is 9.20. The molecule has 0 N–H and O–H groups in total. The molecule has 36 heavy (non-hydrogen) atoms. The van der Waals surface area contributed by atoms with Gasteiger partial charge in [-0.3, -0.25) is 0 Å². The van der Waals surface area contributed by atoms with E-state index in [1.54, 1.807) is 11.3 Å². The highest BCUT2D eigenvalue weighted by Gasteiger charge is 2.17. The average Bonchev–Trinajstić information content (AvgIpc) is 3.47. The molecule has 0 radical (unpaired) electrons. The number of pyridine rings is 1. The van der Waals surface area contributed by atoms with E-state index < -0.39 is 0 Å². The zero-order valence-electron chi connectivity index (χ0n) is 19.3. The molecular formula is C33H20N2S. The van der Waals surface area contributed by atoms with Gasteiger partial charge in [-0.25, -0.2) is 4.98 Å². The zero-order valence-corrected chi connectivity index (χ0v) is 20.2. The van der Waals surface area contributed by atoms with E-state index in [2.05, 4.69) is 126 Å². The third-order valence-corrected chi connectivity index (χ3v) is 8.28. The average molecular weight is 477 g/mol. The third kappa shape index (κ3) is 2.75. The van der Waals surface area contributed by atoms with Crippen molar-refractivity contribution in [1.29, 1.82) is 0 Å². The van der Waals surface area contributed by atoms with Crippen LogP contribution in [0.2, 0.25) is 0 Å². The fraction of sp³-hybridized carbons (Fsp3) is 0. The predicted octanol–water partition coefficient (Wildman–Crippen LogP) is 9.37. The Morgan fingerprint density at radius 3 is 1.83 bits per heavy atom. The molecule has 2 nitrogen and oxygen atoms in total. The molecule has 0 fully saturated rings. The van der Waals surface area contributed by atoms with Gasteiger partial charge in [-0.05, 0) is 42.0 Å². The molecule has 168 valence electrons. The Morgan fingerprint density at radius 2 is 1.11 bits per heavy atom. The Bertz CT molecular complexity index is 2040. The second kappa shape index (κ2) is 7.51. The highest BCUT2D eigenvalue weighted by Crippen LogP contribution is 2.43. The van der Waals surface area contributed by atoms with E-state index in [-0.39, 0.29) is 0 Å². The molecule has 0 bridgehead atoms. The number of hydrogen-bond donors (Lipinski definition) is 0. The first-order valence-electron chi connectivity index (χ1n) is 12.2. The highest BCUT2D eigenvalue weighted by molar-refractivity contribution is 7.25. The van der Waals surface area contributed by atoms with Crippen molar-refractivity contribution in [2.45, 2.75) is 0 Å². The summed E-state index contributed by atoms with van der Waals surface area (Å²) >= 11 is 1.77. The van der Waals surface area contributed by atoms with Gasteiger partial charge in [0.05, 0.1) is 16.6 Å². The summed E-state index contributed by atoms with van der Waals surface area (Å²) in [6.45, 7) is 0. The van der Waals surface area contributed by atoms with Gasteiger partial charge in [0.1, 0.15) is 4.83 Å². The van der Waals surface area contributed by atoms with Gasteiger partial charge < -0.3 is 4.57 Å². The van der Waals surface area contributed by atoms with Crippen molar-refractivity contribution in [2.24, 2.45) is 0 Å². The molecule has 0 aliphatic rings. The number of thiophene rings is 1. The lowest BCUT2D eigenvalue weighted by Gasteiger charge is -2.12. The minimum absolute atomic E-state index is 1.04. The lowest BCUT2D eigenvalue weighted by Crippen LogP contribution is -1.94. The van der Waals surface area contributed by atoms with Crippen LogP contribution in [0.5, 0.6) is 0 Å². The van der Waals surface area contributed by atoms with Gasteiger partial charge in [-0.2, -0.15) is 0 Å². The number of hydrogen-bond acceptors (Lipinski definition) is 2. The Hall–Kier alpha value is -4.47. The third-order valence-electron chi connectivity index (χ3n) is 7.22. The standard InChI is InChI=1S/C33H20N2S/c1-5-13-27-25(11-1)31(32-26-12-4-8-16-30(26)36-33(32)34-27)21-17-19-22(20-18-21)35-28-14-6-2-9-23(28)24-10-3-7-15-29(24)35/h1-20H. The van der Waals surface area contributed by atoms with E-state index in [0.717, 1.165) is 10.3 Å². The van der Waals surface area contributed by atoms with Crippen molar-refractivity contribution in [3.8, 4) is 16.8 Å². The molecular weight excluding hydrogens is 456 g/mol. The van der Waals surface area contributed by atoms with Crippen molar-refractivity contribution in [3.63, 3.8) is 0 Å². The number of aromatic nitrogens is 2. The molecule has 0 saturated heterocycles. The Balaban J connectivity index is 1.41. The van der Waals surface area contributed by atoms with Crippen molar-refractivity contribution in [1.82, 2.24) is 9.55 Å².